The molecule has 0 amide bonds. The largest absolute Gasteiger partial charge is 0.506 e. The van der Waals surface area contributed by atoms with Crippen molar-refractivity contribution in [3.63, 3.8) is 0 Å². The molecule has 1 atom stereocenters. The van der Waals surface area contributed by atoms with Gasteiger partial charge in [0.2, 0.25) is 0 Å². The molecule has 0 fully saturated rings. The van der Waals surface area contributed by atoms with Crippen LogP contribution in [0, 0.1) is 16.7 Å². The predicted molar refractivity (Wildman–Crippen MR) is 119 cm³/mol. The quantitative estimate of drug-likeness (QED) is 0.337. The van der Waals surface area contributed by atoms with Gasteiger partial charge in [0.15, 0.2) is 0 Å². The highest BCUT2D eigenvalue weighted by molar-refractivity contribution is 6.00. The molecule has 0 saturated heterocycles. The van der Waals surface area contributed by atoms with Crippen LogP contribution < -0.4 is 5.32 Å². The van der Waals surface area contributed by atoms with Crippen molar-refractivity contribution in [2.75, 3.05) is 0 Å². The van der Waals surface area contributed by atoms with Gasteiger partial charge in [0.25, 0.3) is 0 Å². The minimum Gasteiger partial charge on any atom is -0.506 e. The molecule has 2 heterocycles. The summed E-state index contributed by atoms with van der Waals surface area (Å²) in [7, 11) is 0. The molecule has 30 heavy (non-hydrogen) atoms. The highest BCUT2D eigenvalue weighted by Crippen LogP contribution is 2.20. The van der Waals surface area contributed by atoms with Gasteiger partial charge < -0.3 is 15.8 Å². The Morgan fingerprint density at radius 3 is 2.43 bits per heavy atom. The van der Waals surface area contributed by atoms with Gasteiger partial charge in [-0.15, -0.1) is 0 Å². The van der Waals surface area contributed by atoms with Crippen LogP contribution in [-0.4, -0.2) is 26.6 Å². The van der Waals surface area contributed by atoms with E-state index in [1.807, 2.05) is 37.3 Å². The van der Waals surface area contributed by atoms with E-state index in [1.165, 1.54) is 0 Å². The minimum absolute atomic E-state index is 0.0341. The number of nitrogens with one attached hydrogen (secondary N) is 3. The zero-order valence-electron chi connectivity index (χ0n) is 17.3. The molecule has 3 aromatic rings. The third-order valence-electron chi connectivity index (χ3n) is 5.05. The normalized spacial score (nSPS) is 11.7. The van der Waals surface area contributed by atoms with E-state index in [1.54, 1.807) is 24.5 Å². The average molecular weight is 402 g/mol. The number of aryl methyl sites for hydroxylation is 1. The van der Waals surface area contributed by atoms with Gasteiger partial charge in [-0.25, -0.2) is 0 Å². The van der Waals surface area contributed by atoms with Crippen LogP contribution in [0.25, 0.3) is 0 Å². The maximum Gasteiger partial charge on any atom is 0.144 e. The van der Waals surface area contributed by atoms with Crippen LogP contribution in [-0.2, 0) is 19.4 Å². The van der Waals surface area contributed by atoms with Gasteiger partial charge in [0, 0.05) is 24.9 Å². The van der Waals surface area contributed by atoms with E-state index in [0.717, 1.165) is 23.1 Å². The maximum absolute atomic E-state index is 9.96. The van der Waals surface area contributed by atoms with E-state index in [0.29, 0.717) is 35.9 Å². The Bertz CT molecular complexity index is 1050. The zero-order valence-corrected chi connectivity index (χ0v) is 17.3. The third-order valence-corrected chi connectivity index (χ3v) is 5.05. The number of aromatic nitrogens is 2. The molecule has 154 valence electrons. The molecule has 0 aliphatic carbocycles. The van der Waals surface area contributed by atoms with Crippen molar-refractivity contribution < 1.29 is 5.11 Å². The molecule has 6 heteroatoms. The molecule has 0 spiro atoms. The average Bonchev–Trinajstić information content (AvgIpc) is 2.77. The fourth-order valence-corrected chi connectivity index (χ4v) is 3.38. The summed E-state index contributed by atoms with van der Waals surface area (Å²) in [5.41, 5.74) is 4.55. The van der Waals surface area contributed by atoms with Gasteiger partial charge in [-0.2, -0.15) is 0 Å². The van der Waals surface area contributed by atoms with Gasteiger partial charge in [-0.05, 0) is 47.7 Å². The summed E-state index contributed by atoms with van der Waals surface area (Å²) < 4.78 is 0. The van der Waals surface area contributed by atoms with Gasteiger partial charge in [0.05, 0.1) is 5.71 Å². The molecule has 6 nitrogen and oxygen atoms in total. The molecular formula is C24H27N5O. The summed E-state index contributed by atoms with van der Waals surface area (Å²) >= 11 is 0. The standard InChI is InChI=1S/C24H27N5O/c1-3-19-9-5-11-27-22(19)24(26)29-15-18-8-4-7-17(14-18)13-16(2)21(25)23-20(30)10-6-12-28-23/h4-12,14,16,25,30H,3,13,15H2,1-2H3,(H2,26,29)/t16-/m0/s1. The van der Waals surface area contributed by atoms with Crippen molar-refractivity contribution >= 4 is 11.5 Å². The van der Waals surface area contributed by atoms with Crippen molar-refractivity contribution in [2.45, 2.75) is 33.2 Å². The highest BCUT2D eigenvalue weighted by atomic mass is 16.3. The van der Waals surface area contributed by atoms with Crippen molar-refractivity contribution in [3.8, 4) is 5.75 Å². The Kier molecular flexibility index (Phi) is 6.91. The Balaban J connectivity index is 1.64. The molecule has 0 saturated carbocycles. The number of aromatic hydroxyl groups is 1. The smallest absolute Gasteiger partial charge is 0.144 e. The fourth-order valence-electron chi connectivity index (χ4n) is 3.38. The summed E-state index contributed by atoms with van der Waals surface area (Å²) in [6.45, 7) is 4.55. The first-order valence-electron chi connectivity index (χ1n) is 10.1. The van der Waals surface area contributed by atoms with E-state index in [2.05, 4.69) is 28.3 Å². The molecule has 0 bridgehead atoms. The summed E-state index contributed by atoms with van der Waals surface area (Å²) in [4.78, 5) is 8.47. The molecule has 0 unspecified atom stereocenters. The Morgan fingerprint density at radius 1 is 1.00 bits per heavy atom. The number of hydrogen-bond acceptors (Lipinski definition) is 5. The molecular weight excluding hydrogens is 374 g/mol. The topological polar surface area (TPSA) is 106 Å². The Hall–Kier alpha value is -3.54. The second kappa shape index (κ2) is 9.78. The van der Waals surface area contributed by atoms with Gasteiger partial charge in [0.1, 0.15) is 23.0 Å². The molecule has 0 radical (unpaired) electrons. The lowest BCUT2D eigenvalue weighted by Crippen LogP contribution is -2.25. The molecule has 0 aliphatic rings. The number of pyridine rings is 2. The Morgan fingerprint density at radius 2 is 1.70 bits per heavy atom. The van der Waals surface area contributed by atoms with Crippen LogP contribution in [0.15, 0.2) is 60.9 Å². The van der Waals surface area contributed by atoms with Gasteiger partial charge in [-0.3, -0.25) is 15.4 Å². The van der Waals surface area contributed by atoms with Crippen LogP contribution in [0.5, 0.6) is 5.75 Å². The third kappa shape index (κ3) is 5.08. The van der Waals surface area contributed by atoms with Crippen molar-refractivity contribution in [3.05, 3.63) is 89.0 Å². The summed E-state index contributed by atoms with van der Waals surface area (Å²) in [6, 6.07) is 15.2. The number of hydrogen-bond donors (Lipinski definition) is 4. The Labute approximate surface area is 177 Å². The molecule has 3 rings (SSSR count). The predicted octanol–water partition coefficient (Wildman–Crippen LogP) is 4.11. The number of amidine groups is 1. The zero-order chi connectivity index (χ0) is 21.5. The lowest BCUT2D eigenvalue weighted by atomic mass is 9.93. The fraction of sp³-hybridized carbons (Fsp3) is 0.250. The second-order valence-electron chi connectivity index (χ2n) is 7.30. The monoisotopic (exact) mass is 401 g/mol. The van der Waals surface area contributed by atoms with Gasteiger partial charge >= 0.3 is 0 Å². The van der Waals surface area contributed by atoms with Crippen molar-refractivity contribution in [2.24, 2.45) is 5.92 Å². The SMILES string of the molecule is CCc1cccnc1C(=N)NCc1cccc(C[C@H](C)C(=N)c2ncccc2O)c1. The van der Waals surface area contributed by atoms with E-state index < -0.39 is 0 Å². The lowest BCUT2D eigenvalue weighted by Gasteiger charge is -2.15. The van der Waals surface area contributed by atoms with E-state index in [4.69, 9.17) is 10.8 Å². The van der Waals surface area contributed by atoms with Crippen LogP contribution in [0.1, 0.15) is 41.9 Å². The number of rotatable bonds is 8. The lowest BCUT2D eigenvalue weighted by molar-refractivity contribution is 0.470. The summed E-state index contributed by atoms with van der Waals surface area (Å²) in [6.07, 6.45) is 4.79. The van der Waals surface area contributed by atoms with Crippen LogP contribution in [0.4, 0.5) is 0 Å². The summed E-state index contributed by atoms with van der Waals surface area (Å²) in [5.74, 6) is 0.262. The first kappa shape index (κ1) is 21.2. The van der Waals surface area contributed by atoms with E-state index in [-0.39, 0.29) is 11.7 Å². The van der Waals surface area contributed by atoms with Crippen LogP contribution >= 0.6 is 0 Å². The summed E-state index contributed by atoms with van der Waals surface area (Å²) in [5, 5.41) is 29.8. The minimum atomic E-state index is -0.0899. The maximum atomic E-state index is 9.96. The number of benzene rings is 1. The van der Waals surface area contributed by atoms with E-state index in [9.17, 15) is 5.11 Å². The highest BCUT2D eigenvalue weighted by Gasteiger charge is 2.16. The molecule has 4 N–H and O–H groups in total. The van der Waals surface area contributed by atoms with Crippen LogP contribution in [0.3, 0.4) is 0 Å². The first-order chi connectivity index (χ1) is 14.5. The number of nitrogens with zero attached hydrogens (tertiary/aromatic N) is 2. The van der Waals surface area contributed by atoms with Crippen molar-refractivity contribution in [1.29, 1.82) is 10.8 Å². The second-order valence-corrected chi connectivity index (χ2v) is 7.30. The van der Waals surface area contributed by atoms with Crippen LogP contribution in [0.2, 0.25) is 0 Å². The molecule has 0 aliphatic heterocycles. The van der Waals surface area contributed by atoms with E-state index >= 15 is 0 Å². The first-order valence-corrected chi connectivity index (χ1v) is 10.1. The molecule has 1 aromatic carbocycles. The molecule has 2 aromatic heterocycles. The van der Waals surface area contributed by atoms with Crippen molar-refractivity contribution in [1.82, 2.24) is 15.3 Å². The van der Waals surface area contributed by atoms with Gasteiger partial charge in [-0.1, -0.05) is 44.2 Å².